The lowest BCUT2D eigenvalue weighted by atomic mass is 9.79. The lowest BCUT2D eigenvalue weighted by Gasteiger charge is -2.31. The van der Waals surface area contributed by atoms with Crippen LogP contribution in [-0.4, -0.2) is 19.0 Å². The first-order chi connectivity index (χ1) is 14.4. The number of fused-ring (bicyclic) bond motifs is 1. The Morgan fingerprint density at radius 1 is 0.900 bits per heavy atom. The Bertz CT molecular complexity index is 1160. The molecule has 5 heteroatoms. The first kappa shape index (κ1) is 19.7. The number of rotatable bonds is 4. The van der Waals surface area contributed by atoms with Crippen LogP contribution in [0.15, 0.2) is 60.7 Å². The van der Waals surface area contributed by atoms with Gasteiger partial charge in [-0.25, -0.2) is 4.79 Å². The van der Waals surface area contributed by atoms with Gasteiger partial charge in [0.1, 0.15) is 11.5 Å². The van der Waals surface area contributed by atoms with Crippen molar-refractivity contribution in [2.24, 2.45) is 0 Å². The fourth-order valence-corrected chi connectivity index (χ4v) is 4.05. The summed E-state index contributed by atoms with van der Waals surface area (Å²) in [6, 6.07) is 18.6. The number of methoxy groups -OCH3 is 1. The standard InChI is InChI=1S/C25H22O5/c1-15-13-18(9-11-22(15)28-4)25(21-8-6-5-7-20(21)24(27)30-25)19-10-12-23(16(2)14-19)29-17(3)26/h5-14H,1-4H3. The molecule has 1 aliphatic heterocycles. The molecule has 0 spiro atoms. The first-order valence-corrected chi connectivity index (χ1v) is 9.64. The Balaban J connectivity index is 1.97. The van der Waals surface area contributed by atoms with Crippen molar-refractivity contribution in [3.8, 4) is 11.5 Å². The van der Waals surface area contributed by atoms with Gasteiger partial charge in [-0.3, -0.25) is 4.79 Å². The van der Waals surface area contributed by atoms with E-state index in [2.05, 4.69) is 0 Å². The number of cyclic esters (lactones) is 1. The predicted molar refractivity (Wildman–Crippen MR) is 112 cm³/mol. The molecule has 0 bridgehead atoms. The van der Waals surface area contributed by atoms with Gasteiger partial charge in [-0.05, 0) is 55.3 Å². The summed E-state index contributed by atoms with van der Waals surface area (Å²) < 4.78 is 16.8. The topological polar surface area (TPSA) is 61.8 Å². The van der Waals surface area contributed by atoms with Crippen LogP contribution in [-0.2, 0) is 15.1 Å². The normalized spacial score (nSPS) is 17.3. The number of carbonyl (C=O) groups is 2. The molecule has 1 aliphatic rings. The van der Waals surface area contributed by atoms with Gasteiger partial charge in [0, 0.05) is 23.6 Å². The van der Waals surface area contributed by atoms with Crippen molar-refractivity contribution in [1.29, 1.82) is 0 Å². The molecule has 4 rings (SSSR count). The Labute approximate surface area is 175 Å². The third kappa shape index (κ3) is 3.03. The van der Waals surface area contributed by atoms with E-state index in [9.17, 15) is 9.59 Å². The van der Waals surface area contributed by atoms with Crippen LogP contribution in [0.25, 0.3) is 0 Å². The van der Waals surface area contributed by atoms with Crippen molar-refractivity contribution in [3.05, 3.63) is 94.0 Å². The molecule has 152 valence electrons. The number of esters is 2. The Morgan fingerprint density at radius 2 is 1.50 bits per heavy atom. The van der Waals surface area contributed by atoms with Crippen molar-refractivity contribution < 1.29 is 23.8 Å². The van der Waals surface area contributed by atoms with Gasteiger partial charge in [0.05, 0.1) is 12.7 Å². The zero-order chi connectivity index (χ0) is 21.5. The van der Waals surface area contributed by atoms with E-state index in [0.29, 0.717) is 11.3 Å². The number of hydrogen-bond donors (Lipinski definition) is 0. The summed E-state index contributed by atoms with van der Waals surface area (Å²) in [5.41, 5.74) is 3.50. The number of benzene rings is 3. The average molecular weight is 402 g/mol. The highest BCUT2D eigenvalue weighted by Gasteiger charge is 2.48. The third-order valence-corrected chi connectivity index (χ3v) is 5.41. The van der Waals surface area contributed by atoms with Crippen LogP contribution in [0, 0.1) is 13.8 Å². The van der Waals surface area contributed by atoms with Gasteiger partial charge in [-0.1, -0.05) is 30.3 Å². The van der Waals surface area contributed by atoms with E-state index < -0.39 is 5.60 Å². The van der Waals surface area contributed by atoms with E-state index in [0.717, 1.165) is 33.6 Å². The van der Waals surface area contributed by atoms with Gasteiger partial charge in [0.25, 0.3) is 0 Å². The van der Waals surface area contributed by atoms with Gasteiger partial charge in [-0.15, -0.1) is 0 Å². The van der Waals surface area contributed by atoms with Gasteiger partial charge < -0.3 is 14.2 Å². The third-order valence-electron chi connectivity index (χ3n) is 5.41. The molecule has 30 heavy (non-hydrogen) atoms. The lowest BCUT2D eigenvalue weighted by molar-refractivity contribution is -0.131. The quantitative estimate of drug-likeness (QED) is 0.468. The van der Waals surface area contributed by atoms with Crippen LogP contribution >= 0.6 is 0 Å². The predicted octanol–water partition coefficient (Wildman–Crippen LogP) is 4.70. The Morgan fingerprint density at radius 3 is 2.07 bits per heavy atom. The van der Waals surface area contributed by atoms with Crippen LogP contribution in [0.5, 0.6) is 11.5 Å². The van der Waals surface area contributed by atoms with Crippen LogP contribution in [0.4, 0.5) is 0 Å². The van der Waals surface area contributed by atoms with Crippen molar-refractivity contribution >= 4 is 11.9 Å². The Hall–Kier alpha value is -3.60. The second-order valence-electron chi connectivity index (χ2n) is 7.37. The fraction of sp³-hybridized carbons (Fsp3) is 0.200. The number of hydrogen-bond acceptors (Lipinski definition) is 5. The van der Waals surface area contributed by atoms with Crippen LogP contribution in [0.1, 0.15) is 45.1 Å². The summed E-state index contributed by atoms with van der Waals surface area (Å²) in [4.78, 5) is 24.2. The average Bonchev–Trinajstić information content (AvgIpc) is 3.03. The van der Waals surface area contributed by atoms with E-state index in [1.165, 1.54) is 6.92 Å². The maximum atomic E-state index is 12.8. The fourth-order valence-electron chi connectivity index (χ4n) is 4.05. The van der Waals surface area contributed by atoms with Crippen molar-refractivity contribution in [2.75, 3.05) is 7.11 Å². The largest absolute Gasteiger partial charge is 0.496 e. The minimum Gasteiger partial charge on any atom is -0.496 e. The zero-order valence-electron chi connectivity index (χ0n) is 17.3. The summed E-state index contributed by atoms with van der Waals surface area (Å²) in [7, 11) is 1.62. The number of carbonyl (C=O) groups excluding carboxylic acids is 2. The molecule has 1 heterocycles. The van der Waals surface area contributed by atoms with Crippen molar-refractivity contribution in [1.82, 2.24) is 0 Å². The van der Waals surface area contributed by atoms with Crippen LogP contribution < -0.4 is 9.47 Å². The highest BCUT2D eigenvalue weighted by molar-refractivity contribution is 5.96. The van der Waals surface area contributed by atoms with E-state index in [4.69, 9.17) is 14.2 Å². The molecule has 0 amide bonds. The SMILES string of the molecule is COc1ccc(C2(c3ccc(OC(C)=O)c(C)c3)OC(=O)c3ccccc32)cc1C. The van der Waals surface area contributed by atoms with E-state index in [1.807, 2.05) is 62.4 Å². The minimum absolute atomic E-state index is 0.374. The second kappa shape index (κ2) is 7.34. The van der Waals surface area contributed by atoms with Gasteiger partial charge >= 0.3 is 11.9 Å². The molecule has 3 aromatic carbocycles. The summed E-state index contributed by atoms with van der Waals surface area (Å²) in [5.74, 6) is 0.475. The van der Waals surface area contributed by atoms with Crippen molar-refractivity contribution in [3.63, 3.8) is 0 Å². The first-order valence-electron chi connectivity index (χ1n) is 9.64. The molecule has 0 fully saturated rings. The molecule has 3 aromatic rings. The van der Waals surface area contributed by atoms with Gasteiger partial charge in [-0.2, -0.15) is 0 Å². The van der Waals surface area contributed by atoms with Crippen molar-refractivity contribution in [2.45, 2.75) is 26.4 Å². The summed E-state index contributed by atoms with van der Waals surface area (Å²) >= 11 is 0. The van der Waals surface area contributed by atoms with Gasteiger partial charge in [0.15, 0.2) is 5.60 Å². The molecule has 0 saturated heterocycles. The van der Waals surface area contributed by atoms with Crippen LogP contribution in [0.3, 0.4) is 0 Å². The molecule has 5 nitrogen and oxygen atoms in total. The molecular formula is C25H22O5. The highest BCUT2D eigenvalue weighted by Crippen LogP contribution is 2.48. The highest BCUT2D eigenvalue weighted by atomic mass is 16.6. The molecule has 1 unspecified atom stereocenters. The summed E-state index contributed by atoms with van der Waals surface area (Å²) in [6.45, 7) is 5.18. The lowest BCUT2D eigenvalue weighted by Crippen LogP contribution is -2.29. The smallest absolute Gasteiger partial charge is 0.340 e. The van der Waals surface area contributed by atoms with Gasteiger partial charge in [0.2, 0.25) is 0 Å². The molecule has 0 radical (unpaired) electrons. The monoisotopic (exact) mass is 402 g/mol. The minimum atomic E-state index is -1.11. The Kier molecular flexibility index (Phi) is 4.82. The molecule has 0 N–H and O–H groups in total. The van der Waals surface area contributed by atoms with E-state index in [1.54, 1.807) is 19.2 Å². The number of aryl methyl sites for hydroxylation is 2. The molecule has 0 saturated carbocycles. The molecular weight excluding hydrogens is 380 g/mol. The van der Waals surface area contributed by atoms with Crippen LogP contribution in [0.2, 0.25) is 0 Å². The maximum Gasteiger partial charge on any atom is 0.340 e. The maximum absolute atomic E-state index is 12.8. The molecule has 0 aromatic heterocycles. The second-order valence-corrected chi connectivity index (χ2v) is 7.37. The van der Waals surface area contributed by atoms with E-state index in [-0.39, 0.29) is 11.9 Å². The molecule has 0 aliphatic carbocycles. The summed E-state index contributed by atoms with van der Waals surface area (Å²) in [6.07, 6.45) is 0. The molecule has 1 atom stereocenters. The zero-order valence-corrected chi connectivity index (χ0v) is 17.3. The summed E-state index contributed by atoms with van der Waals surface area (Å²) in [5, 5.41) is 0. The number of ether oxygens (including phenoxy) is 3. The van der Waals surface area contributed by atoms with E-state index >= 15 is 0 Å².